The Morgan fingerprint density at radius 3 is 2.66 bits per heavy atom. The van der Waals surface area contributed by atoms with Gasteiger partial charge >= 0.3 is 0 Å². The number of aromatic amines is 1. The smallest absolute Gasteiger partial charge is 0.278 e. The van der Waals surface area contributed by atoms with Crippen molar-refractivity contribution in [3.05, 3.63) is 117 Å². The molecule has 2 N–H and O–H groups in total. The van der Waals surface area contributed by atoms with E-state index in [1.807, 2.05) is 49.2 Å². The Hall–Kier alpha value is -5.00. The number of hydrogen-bond donors (Lipinski definition) is 2. The third-order valence-corrected chi connectivity index (χ3v) is 7.54. The summed E-state index contributed by atoms with van der Waals surface area (Å²) in [5, 5.41) is 4.36. The number of fused-ring (bicyclic) bond motifs is 5. The Morgan fingerprint density at radius 1 is 1.12 bits per heavy atom. The molecule has 0 saturated carbocycles. The molecule has 2 aromatic carbocycles. The number of halogens is 2. The third kappa shape index (κ3) is 4.50. The molecule has 2 atom stereocenters. The van der Waals surface area contributed by atoms with Crippen LogP contribution in [0.25, 0.3) is 0 Å². The Balaban J connectivity index is 1.44. The van der Waals surface area contributed by atoms with Crippen molar-refractivity contribution in [2.24, 2.45) is 0 Å². The van der Waals surface area contributed by atoms with Gasteiger partial charge in [0.2, 0.25) is 5.43 Å². The van der Waals surface area contributed by atoms with Gasteiger partial charge in [0, 0.05) is 24.4 Å². The van der Waals surface area contributed by atoms with Gasteiger partial charge < -0.3 is 19.9 Å². The van der Waals surface area contributed by atoms with Crippen molar-refractivity contribution in [1.29, 1.82) is 0 Å². The van der Waals surface area contributed by atoms with Crippen LogP contribution in [0.15, 0.2) is 65.8 Å². The molecule has 41 heavy (non-hydrogen) atoms. The molecule has 0 radical (unpaired) electrons. The van der Waals surface area contributed by atoms with Gasteiger partial charge in [0.25, 0.3) is 11.8 Å². The fourth-order valence-corrected chi connectivity index (χ4v) is 5.25. The molecule has 2 aromatic heterocycles. The molecule has 2 aliphatic rings. The van der Waals surface area contributed by atoms with Gasteiger partial charge in [0.05, 0.1) is 29.8 Å². The highest BCUT2D eigenvalue weighted by atomic mass is 19.1. The minimum Gasteiger partial charge on any atom is -0.482 e. The number of pyridine rings is 1. The monoisotopic (exact) mass is 560 g/mol. The lowest BCUT2D eigenvalue weighted by Crippen LogP contribution is -2.54. The molecule has 0 unspecified atom stereocenters. The summed E-state index contributed by atoms with van der Waals surface area (Å²) in [6.45, 7) is 3.65. The van der Waals surface area contributed by atoms with Crippen LogP contribution in [0, 0.1) is 11.6 Å². The van der Waals surface area contributed by atoms with Gasteiger partial charge in [-0.15, -0.1) is 0 Å². The van der Waals surface area contributed by atoms with E-state index in [-0.39, 0.29) is 54.5 Å². The molecular formula is C29H26F2N6O4. The molecule has 12 heteroatoms. The number of nitrogens with zero attached hydrogens (tertiary/aromatic N) is 4. The van der Waals surface area contributed by atoms with Crippen LogP contribution in [0.3, 0.4) is 0 Å². The van der Waals surface area contributed by atoms with Crippen molar-refractivity contribution >= 4 is 11.8 Å². The first-order chi connectivity index (χ1) is 19.7. The normalized spacial score (nSPS) is 17.5. The van der Waals surface area contributed by atoms with Crippen molar-refractivity contribution in [3.8, 4) is 5.75 Å². The van der Waals surface area contributed by atoms with Gasteiger partial charge in [-0.05, 0) is 25.5 Å². The second-order valence-corrected chi connectivity index (χ2v) is 10.00. The van der Waals surface area contributed by atoms with Crippen molar-refractivity contribution in [3.63, 3.8) is 0 Å². The first-order valence-corrected chi connectivity index (χ1v) is 13.0. The Labute approximate surface area is 233 Å². The molecular weight excluding hydrogens is 534 g/mol. The number of nitrogens with one attached hydrogen (secondary N) is 2. The summed E-state index contributed by atoms with van der Waals surface area (Å²) in [5.41, 5.74) is 1.21. The number of carbonyl (C=O) groups is 2. The van der Waals surface area contributed by atoms with E-state index in [0.717, 1.165) is 23.0 Å². The van der Waals surface area contributed by atoms with Gasteiger partial charge in [0.15, 0.2) is 11.4 Å². The van der Waals surface area contributed by atoms with Crippen LogP contribution in [0.2, 0.25) is 0 Å². The number of H-pyrrole nitrogens is 1. The number of benzene rings is 2. The lowest BCUT2D eigenvalue weighted by molar-refractivity contribution is 0.0608. The van der Waals surface area contributed by atoms with Crippen LogP contribution in [-0.2, 0) is 13.2 Å². The average Bonchev–Trinajstić information content (AvgIpc) is 3.43. The van der Waals surface area contributed by atoms with Crippen LogP contribution < -0.4 is 20.5 Å². The van der Waals surface area contributed by atoms with E-state index in [0.29, 0.717) is 6.07 Å². The fourth-order valence-electron chi connectivity index (χ4n) is 5.25. The van der Waals surface area contributed by atoms with E-state index in [1.165, 1.54) is 16.9 Å². The number of hydrogen-bond acceptors (Lipinski definition) is 6. The number of ether oxygens (including phenoxy) is 1. The molecule has 2 aliphatic heterocycles. The molecule has 4 aromatic rings. The molecule has 6 rings (SSSR count). The van der Waals surface area contributed by atoms with Crippen LogP contribution in [0.4, 0.5) is 8.78 Å². The fraction of sp³-hybridized carbons (Fsp3) is 0.241. The molecule has 2 amide bonds. The largest absolute Gasteiger partial charge is 0.482 e. The van der Waals surface area contributed by atoms with Crippen LogP contribution >= 0.6 is 0 Å². The zero-order valence-electron chi connectivity index (χ0n) is 22.2. The first-order valence-electron chi connectivity index (χ1n) is 13.0. The Kier molecular flexibility index (Phi) is 6.52. The maximum atomic E-state index is 14.2. The standard InChI is InChI=1S/C29H26F2N6O4/c1-16-23-24(34-14-33-23)17(2)37-15-35(16)29(40)25-27(41-13-18-6-4-3-5-7-18)26(38)21(12-36(25)37)28(39)32-11-19-8-9-20(30)10-22(19)31/h3-10,12,14,16-17H,11,13,15H2,1-2H3,(H,32,39)(H,33,34)/t16-,17+/m0/s1. The molecule has 0 saturated heterocycles. The van der Waals surface area contributed by atoms with Gasteiger partial charge in [-0.25, -0.2) is 13.8 Å². The third-order valence-electron chi connectivity index (χ3n) is 7.54. The first kappa shape index (κ1) is 26.2. The van der Waals surface area contributed by atoms with Gasteiger partial charge in [0.1, 0.15) is 30.5 Å². The molecule has 10 nitrogen and oxygen atoms in total. The molecule has 0 fully saturated rings. The van der Waals surface area contributed by atoms with E-state index >= 15 is 0 Å². The molecule has 0 spiro atoms. The zero-order valence-corrected chi connectivity index (χ0v) is 22.2. The van der Waals surface area contributed by atoms with Gasteiger partial charge in [-0.3, -0.25) is 24.1 Å². The van der Waals surface area contributed by atoms with Crippen LogP contribution in [0.1, 0.15) is 69.3 Å². The zero-order chi connectivity index (χ0) is 28.8. The minimum atomic E-state index is -0.827. The van der Waals surface area contributed by atoms with E-state index in [9.17, 15) is 23.2 Å². The number of amides is 2. The maximum absolute atomic E-state index is 14.2. The summed E-state index contributed by atoms with van der Waals surface area (Å²) in [5.74, 6) is -3.08. The predicted octanol–water partition coefficient (Wildman–Crippen LogP) is 3.55. The Bertz CT molecular complexity index is 1720. The second-order valence-electron chi connectivity index (χ2n) is 10.00. The average molecular weight is 561 g/mol. The minimum absolute atomic E-state index is 0.0119. The van der Waals surface area contributed by atoms with E-state index in [2.05, 4.69) is 15.3 Å². The quantitative estimate of drug-likeness (QED) is 0.373. The van der Waals surface area contributed by atoms with Crippen molar-refractivity contribution in [2.75, 3.05) is 11.7 Å². The number of carbonyl (C=O) groups excluding carboxylic acids is 2. The Morgan fingerprint density at radius 2 is 1.90 bits per heavy atom. The SMILES string of the molecule is C[C@@H]1c2nc[nH]c2[C@H](C)N2CN1n1cc(C(=O)NCc3ccc(F)cc3F)c(=O)c(OCc3ccccc3)c1C2=O. The highest BCUT2D eigenvalue weighted by molar-refractivity contribution is 5.99. The number of imidazole rings is 1. The van der Waals surface area contributed by atoms with E-state index < -0.39 is 28.9 Å². The molecule has 210 valence electrons. The number of rotatable bonds is 6. The lowest BCUT2D eigenvalue weighted by Gasteiger charge is -2.42. The molecule has 2 bridgehead atoms. The second kappa shape index (κ2) is 10.2. The van der Waals surface area contributed by atoms with Gasteiger partial charge in [-0.1, -0.05) is 36.4 Å². The number of aromatic nitrogens is 3. The summed E-state index contributed by atoms with van der Waals surface area (Å²) < 4.78 is 35.0. The topological polar surface area (TPSA) is 113 Å². The van der Waals surface area contributed by atoms with Crippen molar-refractivity contribution in [1.82, 2.24) is 24.9 Å². The summed E-state index contributed by atoms with van der Waals surface area (Å²) in [4.78, 5) is 50.3. The van der Waals surface area contributed by atoms with E-state index in [1.54, 1.807) is 11.2 Å². The van der Waals surface area contributed by atoms with Crippen LogP contribution in [-0.4, -0.2) is 38.0 Å². The lowest BCUT2D eigenvalue weighted by atomic mass is 10.1. The molecule has 0 aliphatic carbocycles. The predicted molar refractivity (Wildman–Crippen MR) is 144 cm³/mol. The summed E-state index contributed by atoms with van der Waals surface area (Å²) in [6, 6.07) is 11.4. The van der Waals surface area contributed by atoms with Gasteiger partial charge in [-0.2, -0.15) is 0 Å². The highest BCUT2D eigenvalue weighted by Crippen LogP contribution is 2.37. The van der Waals surface area contributed by atoms with Crippen LogP contribution in [0.5, 0.6) is 5.75 Å². The highest BCUT2D eigenvalue weighted by Gasteiger charge is 2.43. The molecule has 4 heterocycles. The van der Waals surface area contributed by atoms with E-state index in [4.69, 9.17) is 4.74 Å². The van der Waals surface area contributed by atoms with Crippen molar-refractivity contribution < 1.29 is 23.1 Å². The van der Waals surface area contributed by atoms with Crippen molar-refractivity contribution in [2.45, 2.75) is 39.1 Å². The maximum Gasteiger partial charge on any atom is 0.278 e. The summed E-state index contributed by atoms with van der Waals surface area (Å²) in [7, 11) is 0. The summed E-state index contributed by atoms with van der Waals surface area (Å²) in [6.07, 6.45) is 2.87. The summed E-state index contributed by atoms with van der Waals surface area (Å²) >= 11 is 0.